The molecule has 1 rings (SSSR count). The monoisotopic (exact) mass is 268 g/mol. The molecule has 1 aromatic carbocycles. The maximum Gasteiger partial charge on any atom is 0.270 e. The van der Waals surface area contributed by atoms with Gasteiger partial charge in [-0.2, -0.15) is 0 Å². The number of aliphatic hydroxyl groups is 1. The number of rotatable bonds is 7. The number of phenols is 1. The van der Waals surface area contributed by atoms with Crippen molar-refractivity contribution in [2.45, 2.75) is 38.8 Å². The number of aromatic hydroxyl groups is 1. The molecule has 1 aromatic rings. The standard InChI is InChI=1S/C13H20N2O4/c1-3-13(4-2,9-16)14-8-10-7-11(15(18)19)5-6-12(10)17/h5-7,14,16-17H,3-4,8-9H2,1-2H3. The van der Waals surface area contributed by atoms with Crippen LogP contribution < -0.4 is 5.32 Å². The molecule has 0 saturated heterocycles. The van der Waals surface area contributed by atoms with Crippen molar-refractivity contribution >= 4 is 5.69 Å². The summed E-state index contributed by atoms with van der Waals surface area (Å²) in [5.74, 6) is 0.0112. The number of non-ortho nitro benzene ring substituents is 1. The van der Waals surface area contributed by atoms with E-state index in [9.17, 15) is 20.3 Å². The second-order valence-corrected chi connectivity index (χ2v) is 4.57. The lowest BCUT2D eigenvalue weighted by molar-refractivity contribution is -0.384. The van der Waals surface area contributed by atoms with Gasteiger partial charge in [0.2, 0.25) is 0 Å². The van der Waals surface area contributed by atoms with Crippen LogP contribution in [0.2, 0.25) is 0 Å². The van der Waals surface area contributed by atoms with Gasteiger partial charge in [0.15, 0.2) is 0 Å². The van der Waals surface area contributed by atoms with E-state index in [0.717, 1.165) is 12.8 Å². The summed E-state index contributed by atoms with van der Waals surface area (Å²) in [5.41, 5.74) is -0.0250. The van der Waals surface area contributed by atoms with Crippen molar-refractivity contribution in [2.75, 3.05) is 6.61 Å². The highest BCUT2D eigenvalue weighted by Crippen LogP contribution is 2.24. The molecule has 19 heavy (non-hydrogen) atoms. The largest absolute Gasteiger partial charge is 0.508 e. The third kappa shape index (κ3) is 3.65. The molecule has 0 heterocycles. The van der Waals surface area contributed by atoms with Gasteiger partial charge in [0.1, 0.15) is 5.75 Å². The molecule has 0 atom stereocenters. The zero-order valence-corrected chi connectivity index (χ0v) is 11.2. The Morgan fingerprint density at radius 1 is 1.37 bits per heavy atom. The number of benzene rings is 1. The molecule has 0 aliphatic carbocycles. The van der Waals surface area contributed by atoms with E-state index in [-0.39, 0.29) is 24.6 Å². The quantitative estimate of drug-likeness (QED) is 0.519. The minimum Gasteiger partial charge on any atom is -0.508 e. The molecule has 6 nitrogen and oxygen atoms in total. The van der Waals surface area contributed by atoms with Gasteiger partial charge in [-0.15, -0.1) is 0 Å². The van der Waals surface area contributed by atoms with Gasteiger partial charge in [-0.3, -0.25) is 10.1 Å². The van der Waals surface area contributed by atoms with Gasteiger partial charge in [0.25, 0.3) is 5.69 Å². The Balaban J connectivity index is 2.87. The third-order valence-corrected chi connectivity index (χ3v) is 3.58. The molecule has 0 bridgehead atoms. The maximum atomic E-state index is 10.7. The number of nitrogens with zero attached hydrogens (tertiary/aromatic N) is 1. The fourth-order valence-corrected chi connectivity index (χ4v) is 1.89. The topological polar surface area (TPSA) is 95.6 Å². The van der Waals surface area contributed by atoms with Gasteiger partial charge in [-0.25, -0.2) is 0 Å². The predicted octanol–water partition coefficient (Wildman–Crippen LogP) is 1.94. The van der Waals surface area contributed by atoms with Gasteiger partial charge in [0.05, 0.1) is 11.5 Å². The van der Waals surface area contributed by atoms with E-state index in [0.29, 0.717) is 5.56 Å². The van der Waals surface area contributed by atoms with Crippen LogP contribution in [0.1, 0.15) is 32.3 Å². The molecule has 3 N–H and O–H groups in total. The molecular formula is C13H20N2O4. The predicted molar refractivity (Wildman–Crippen MR) is 72.0 cm³/mol. The van der Waals surface area contributed by atoms with Gasteiger partial charge in [0, 0.05) is 29.8 Å². The van der Waals surface area contributed by atoms with Gasteiger partial charge >= 0.3 is 0 Å². The number of hydrogen-bond acceptors (Lipinski definition) is 5. The Labute approximate surface area is 112 Å². The fourth-order valence-electron chi connectivity index (χ4n) is 1.89. The molecule has 106 valence electrons. The van der Waals surface area contributed by atoms with Crippen LogP contribution in [0.15, 0.2) is 18.2 Å². The first-order chi connectivity index (χ1) is 8.98. The minimum atomic E-state index is -0.498. The molecule has 0 saturated carbocycles. The molecule has 0 radical (unpaired) electrons. The van der Waals surface area contributed by atoms with Crippen molar-refractivity contribution in [3.8, 4) is 5.75 Å². The third-order valence-electron chi connectivity index (χ3n) is 3.58. The van der Waals surface area contributed by atoms with Gasteiger partial charge < -0.3 is 15.5 Å². The summed E-state index contributed by atoms with van der Waals surface area (Å²) in [7, 11) is 0. The highest BCUT2D eigenvalue weighted by Gasteiger charge is 2.24. The van der Waals surface area contributed by atoms with Crippen LogP contribution in [0.5, 0.6) is 5.75 Å². The van der Waals surface area contributed by atoms with Crippen LogP contribution >= 0.6 is 0 Å². The van der Waals surface area contributed by atoms with Crippen LogP contribution in [-0.2, 0) is 6.54 Å². The first-order valence-corrected chi connectivity index (χ1v) is 6.30. The van der Waals surface area contributed by atoms with Crippen molar-refractivity contribution in [3.05, 3.63) is 33.9 Å². The van der Waals surface area contributed by atoms with Crippen molar-refractivity contribution in [3.63, 3.8) is 0 Å². The normalized spacial score (nSPS) is 11.5. The van der Waals surface area contributed by atoms with Crippen molar-refractivity contribution in [1.29, 1.82) is 0 Å². The zero-order chi connectivity index (χ0) is 14.5. The van der Waals surface area contributed by atoms with E-state index in [1.807, 2.05) is 13.8 Å². The molecule has 6 heteroatoms. The van der Waals surface area contributed by atoms with Crippen LogP contribution in [-0.4, -0.2) is 27.3 Å². The first-order valence-electron chi connectivity index (χ1n) is 6.30. The first kappa shape index (κ1) is 15.4. The summed E-state index contributed by atoms with van der Waals surface area (Å²) in [5, 5.41) is 33.0. The second kappa shape index (κ2) is 6.49. The molecule has 0 unspecified atom stereocenters. The van der Waals surface area contributed by atoms with E-state index >= 15 is 0 Å². The minimum absolute atomic E-state index is 0.0112. The lowest BCUT2D eigenvalue weighted by atomic mass is 9.93. The number of nitro benzene ring substituents is 1. The van der Waals surface area contributed by atoms with E-state index in [1.165, 1.54) is 18.2 Å². The molecule has 0 fully saturated rings. The zero-order valence-electron chi connectivity index (χ0n) is 11.2. The number of hydrogen-bond donors (Lipinski definition) is 3. The number of phenolic OH excluding ortho intramolecular Hbond substituents is 1. The highest BCUT2D eigenvalue weighted by atomic mass is 16.6. The Kier molecular flexibility index (Phi) is 5.26. The number of aliphatic hydroxyl groups excluding tert-OH is 1. The van der Waals surface area contributed by atoms with Crippen LogP contribution in [0.25, 0.3) is 0 Å². The van der Waals surface area contributed by atoms with Crippen LogP contribution in [0.4, 0.5) is 5.69 Å². The Hall–Kier alpha value is -1.66. The number of nitrogens with one attached hydrogen (secondary N) is 1. The highest BCUT2D eigenvalue weighted by molar-refractivity contribution is 5.43. The lowest BCUT2D eigenvalue weighted by Gasteiger charge is -2.31. The lowest BCUT2D eigenvalue weighted by Crippen LogP contribution is -2.47. The fraction of sp³-hybridized carbons (Fsp3) is 0.538. The molecule has 0 aliphatic rings. The van der Waals surface area contributed by atoms with E-state index in [4.69, 9.17) is 0 Å². The average molecular weight is 268 g/mol. The summed E-state index contributed by atoms with van der Waals surface area (Å²) < 4.78 is 0. The Bertz CT molecular complexity index is 436. The molecular weight excluding hydrogens is 248 g/mol. The summed E-state index contributed by atoms with van der Waals surface area (Å²) >= 11 is 0. The van der Waals surface area contributed by atoms with Crippen molar-refractivity contribution in [1.82, 2.24) is 5.32 Å². The van der Waals surface area contributed by atoms with E-state index in [2.05, 4.69) is 5.32 Å². The van der Waals surface area contributed by atoms with E-state index in [1.54, 1.807) is 0 Å². The number of nitro groups is 1. The van der Waals surface area contributed by atoms with Gasteiger partial charge in [-0.05, 0) is 18.9 Å². The van der Waals surface area contributed by atoms with Crippen molar-refractivity contribution in [2.24, 2.45) is 0 Å². The Morgan fingerprint density at radius 2 is 2.00 bits per heavy atom. The average Bonchev–Trinajstić information content (AvgIpc) is 2.42. The summed E-state index contributed by atoms with van der Waals surface area (Å²) in [4.78, 5) is 10.2. The maximum absolute atomic E-state index is 10.7. The second-order valence-electron chi connectivity index (χ2n) is 4.57. The van der Waals surface area contributed by atoms with Gasteiger partial charge in [-0.1, -0.05) is 13.8 Å². The summed E-state index contributed by atoms with van der Waals surface area (Å²) in [6.07, 6.45) is 1.46. The van der Waals surface area contributed by atoms with Crippen molar-refractivity contribution < 1.29 is 15.1 Å². The molecule has 0 amide bonds. The van der Waals surface area contributed by atoms with E-state index < -0.39 is 10.5 Å². The molecule has 0 aromatic heterocycles. The summed E-state index contributed by atoms with van der Waals surface area (Å²) in [6.45, 7) is 4.17. The SMILES string of the molecule is CCC(CC)(CO)NCc1cc([N+](=O)[O-])ccc1O. The Morgan fingerprint density at radius 3 is 2.47 bits per heavy atom. The summed E-state index contributed by atoms with van der Waals surface area (Å²) in [6, 6.07) is 3.92. The van der Waals surface area contributed by atoms with Crippen LogP contribution in [0.3, 0.4) is 0 Å². The molecule has 0 aliphatic heterocycles. The smallest absolute Gasteiger partial charge is 0.270 e. The molecule has 0 spiro atoms. The van der Waals surface area contributed by atoms with Crippen LogP contribution in [0, 0.1) is 10.1 Å².